The van der Waals surface area contributed by atoms with Gasteiger partial charge < -0.3 is 10.2 Å². The van der Waals surface area contributed by atoms with Crippen LogP contribution in [0.5, 0.6) is 0 Å². The lowest BCUT2D eigenvalue weighted by atomic mass is 9.96. The third kappa shape index (κ3) is 2.99. The van der Waals surface area contributed by atoms with Gasteiger partial charge in [0.1, 0.15) is 0 Å². The Kier molecular flexibility index (Phi) is 3.72. The van der Waals surface area contributed by atoms with Crippen molar-refractivity contribution in [2.24, 2.45) is 5.92 Å². The highest BCUT2D eigenvalue weighted by Gasteiger charge is 2.23. The average molecular weight is 184 g/mol. The number of carbonyl (C=O) groups is 1. The van der Waals surface area contributed by atoms with E-state index in [1.54, 1.807) is 4.90 Å². The molecule has 3 heteroatoms. The molecule has 76 valence electrons. The number of carbonyl (C=O) groups excluding carboxylic acids is 1. The lowest BCUT2D eigenvalue weighted by molar-refractivity contribution is -0.129. The van der Waals surface area contributed by atoms with E-state index in [2.05, 4.69) is 12.2 Å². The van der Waals surface area contributed by atoms with Crippen LogP contribution in [0.3, 0.4) is 0 Å². The van der Waals surface area contributed by atoms with Gasteiger partial charge in [0.25, 0.3) is 0 Å². The van der Waals surface area contributed by atoms with E-state index < -0.39 is 0 Å². The Morgan fingerprint density at radius 1 is 1.62 bits per heavy atom. The SMILES string of the molecule is C[C@H](CC(=O)N(C)C)[C@H]1CCCN1. The molecule has 1 saturated heterocycles. The predicted molar refractivity (Wildman–Crippen MR) is 53.5 cm³/mol. The Morgan fingerprint density at radius 3 is 2.77 bits per heavy atom. The van der Waals surface area contributed by atoms with Crippen LogP contribution in [-0.4, -0.2) is 37.5 Å². The maximum atomic E-state index is 11.4. The third-order valence-corrected chi connectivity index (χ3v) is 2.78. The molecule has 0 radical (unpaired) electrons. The zero-order valence-corrected chi connectivity index (χ0v) is 8.84. The van der Waals surface area contributed by atoms with Crippen molar-refractivity contribution in [1.29, 1.82) is 0 Å². The van der Waals surface area contributed by atoms with Gasteiger partial charge in [-0.15, -0.1) is 0 Å². The van der Waals surface area contributed by atoms with E-state index >= 15 is 0 Å². The van der Waals surface area contributed by atoms with Crippen LogP contribution < -0.4 is 5.32 Å². The molecule has 1 fully saturated rings. The molecule has 2 atom stereocenters. The van der Waals surface area contributed by atoms with Crippen molar-refractivity contribution in [2.45, 2.75) is 32.2 Å². The van der Waals surface area contributed by atoms with Gasteiger partial charge in [-0.2, -0.15) is 0 Å². The number of nitrogens with one attached hydrogen (secondary N) is 1. The zero-order chi connectivity index (χ0) is 9.84. The molecule has 1 aliphatic heterocycles. The smallest absolute Gasteiger partial charge is 0.222 e. The van der Waals surface area contributed by atoms with Crippen LogP contribution in [0.25, 0.3) is 0 Å². The minimum Gasteiger partial charge on any atom is -0.349 e. The zero-order valence-electron chi connectivity index (χ0n) is 8.84. The predicted octanol–water partition coefficient (Wildman–Crippen LogP) is 0.853. The van der Waals surface area contributed by atoms with Crippen LogP contribution in [0.15, 0.2) is 0 Å². The Balaban J connectivity index is 2.31. The number of hydrogen-bond acceptors (Lipinski definition) is 2. The summed E-state index contributed by atoms with van der Waals surface area (Å²) >= 11 is 0. The lowest BCUT2D eigenvalue weighted by Crippen LogP contribution is -2.33. The van der Waals surface area contributed by atoms with Crippen LogP contribution in [-0.2, 0) is 4.79 Å². The molecule has 1 N–H and O–H groups in total. The summed E-state index contributed by atoms with van der Waals surface area (Å²) in [5, 5.41) is 3.43. The fraction of sp³-hybridized carbons (Fsp3) is 0.900. The van der Waals surface area contributed by atoms with Gasteiger partial charge in [-0.05, 0) is 25.3 Å². The summed E-state index contributed by atoms with van der Waals surface area (Å²) in [7, 11) is 3.63. The molecular formula is C10H20N2O. The maximum Gasteiger partial charge on any atom is 0.222 e. The van der Waals surface area contributed by atoms with Gasteiger partial charge in [0.15, 0.2) is 0 Å². The molecule has 0 aliphatic carbocycles. The second-order valence-electron chi connectivity index (χ2n) is 4.17. The molecule has 1 rings (SSSR count). The summed E-state index contributed by atoms with van der Waals surface area (Å²) in [6.07, 6.45) is 3.15. The minimum absolute atomic E-state index is 0.237. The van der Waals surface area contributed by atoms with Crippen molar-refractivity contribution in [1.82, 2.24) is 10.2 Å². The molecule has 0 aromatic heterocycles. The average Bonchev–Trinajstić information content (AvgIpc) is 2.55. The summed E-state index contributed by atoms with van der Waals surface area (Å²) in [4.78, 5) is 13.1. The number of nitrogens with zero attached hydrogens (tertiary/aromatic N) is 1. The van der Waals surface area contributed by atoms with E-state index in [4.69, 9.17) is 0 Å². The molecule has 1 aliphatic rings. The van der Waals surface area contributed by atoms with Crippen LogP contribution in [0, 0.1) is 5.92 Å². The van der Waals surface area contributed by atoms with Crippen LogP contribution in [0.4, 0.5) is 0 Å². The molecule has 13 heavy (non-hydrogen) atoms. The van der Waals surface area contributed by atoms with Gasteiger partial charge in [0.05, 0.1) is 0 Å². The van der Waals surface area contributed by atoms with Gasteiger partial charge >= 0.3 is 0 Å². The Bertz CT molecular complexity index is 174. The Hall–Kier alpha value is -0.570. The summed E-state index contributed by atoms with van der Waals surface area (Å²) in [5.74, 6) is 0.707. The first-order valence-corrected chi connectivity index (χ1v) is 5.05. The van der Waals surface area contributed by atoms with Crippen molar-refractivity contribution in [3.63, 3.8) is 0 Å². The van der Waals surface area contributed by atoms with Crippen molar-refractivity contribution in [3.05, 3.63) is 0 Å². The summed E-state index contributed by atoms with van der Waals surface area (Å²) in [6, 6.07) is 0.559. The van der Waals surface area contributed by atoms with Crippen molar-refractivity contribution in [2.75, 3.05) is 20.6 Å². The standard InChI is InChI=1S/C10H20N2O/c1-8(7-10(13)12(2)3)9-5-4-6-11-9/h8-9,11H,4-7H2,1-3H3/t8-,9-/m1/s1. The van der Waals surface area contributed by atoms with Crippen LogP contribution in [0.1, 0.15) is 26.2 Å². The van der Waals surface area contributed by atoms with Gasteiger partial charge in [-0.1, -0.05) is 6.92 Å². The molecule has 1 amide bonds. The second-order valence-corrected chi connectivity index (χ2v) is 4.17. The van der Waals surface area contributed by atoms with E-state index in [0.717, 1.165) is 6.54 Å². The molecule has 1 heterocycles. The topological polar surface area (TPSA) is 32.3 Å². The fourth-order valence-electron chi connectivity index (χ4n) is 1.80. The van der Waals surface area contributed by atoms with Gasteiger partial charge in [0.2, 0.25) is 5.91 Å². The highest BCUT2D eigenvalue weighted by Crippen LogP contribution is 2.17. The van der Waals surface area contributed by atoms with Gasteiger partial charge in [0, 0.05) is 26.6 Å². The highest BCUT2D eigenvalue weighted by molar-refractivity contribution is 5.75. The quantitative estimate of drug-likeness (QED) is 0.705. The largest absolute Gasteiger partial charge is 0.349 e. The van der Waals surface area contributed by atoms with Crippen LogP contribution >= 0.6 is 0 Å². The molecular weight excluding hydrogens is 164 g/mol. The molecule has 0 bridgehead atoms. The number of amides is 1. The summed E-state index contributed by atoms with van der Waals surface area (Å²) < 4.78 is 0. The normalized spacial score (nSPS) is 24.4. The van der Waals surface area contributed by atoms with E-state index in [9.17, 15) is 4.79 Å². The summed E-state index contributed by atoms with van der Waals surface area (Å²) in [6.45, 7) is 3.27. The van der Waals surface area contributed by atoms with Gasteiger partial charge in [-0.25, -0.2) is 0 Å². The second kappa shape index (κ2) is 4.61. The first-order chi connectivity index (χ1) is 6.11. The maximum absolute atomic E-state index is 11.4. The Morgan fingerprint density at radius 2 is 2.31 bits per heavy atom. The van der Waals surface area contributed by atoms with Crippen LogP contribution in [0.2, 0.25) is 0 Å². The van der Waals surface area contributed by atoms with E-state index in [1.807, 2.05) is 14.1 Å². The minimum atomic E-state index is 0.237. The summed E-state index contributed by atoms with van der Waals surface area (Å²) in [5.41, 5.74) is 0. The van der Waals surface area contributed by atoms with Gasteiger partial charge in [-0.3, -0.25) is 4.79 Å². The highest BCUT2D eigenvalue weighted by atomic mass is 16.2. The molecule has 0 aromatic carbocycles. The Labute approximate surface area is 80.5 Å². The molecule has 3 nitrogen and oxygen atoms in total. The number of rotatable bonds is 3. The first kappa shape index (κ1) is 10.5. The lowest BCUT2D eigenvalue weighted by Gasteiger charge is -2.20. The first-order valence-electron chi connectivity index (χ1n) is 5.05. The van der Waals surface area contributed by atoms with E-state index in [-0.39, 0.29) is 5.91 Å². The van der Waals surface area contributed by atoms with E-state index in [1.165, 1.54) is 12.8 Å². The molecule has 0 spiro atoms. The third-order valence-electron chi connectivity index (χ3n) is 2.78. The molecule has 0 aromatic rings. The molecule has 0 saturated carbocycles. The van der Waals surface area contributed by atoms with Crippen molar-refractivity contribution in [3.8, 4) is 0 Å². The molecule has 0 unspecified atom stereocenters. The van der Waals surface area contributed by atoms with Crippen molar-refractivity contribution >= 4 is 5.91 Å². The fourth-order valence-corrected chi connectivity index (χ4v) is 1.80. The number of hydrogen-bond donors (Lipinski definition) is 1. The van der Waals surface area contributed by atoms with E-state index in [0.29, 0.717) is 18.4 Å². The monoisotopic (exact) mass is 184 g/mol. The van der Waals surface area contributed by atoms with Crippen molar-refractivity contribution < 1.29 is 4.79 Å².